The molecule has 0 fully saturated rings. The Balaban J connectivity index is 0.000000354. The Morgan fingerprint density at radius 3 is 2.08 bits per heavy atom. The van der Waals surface area contributed by atoms with Crippen LogP contribution in [0.4, 0.5) is 5.69 Å². The summed E-state index contributed by atoms with van der Waals surface area (Å²) in [6, 6.07) is 7.64. The molecule has 0 radical (unpaired) electrons. The van der Waals surface area contributed by atoms with Crippen molar-refractivity contribution in [1.82, 2.24) is 0 Å². The van der Waals surface area contributed by atoms with Crippen LogP contribution in [0.2, 0.25) is 0 Å². The van der Waals surface area contributed by atoms with Gasteiger partial charge < -0.3 is 11.2 Å². The minimum Gasteiger partial charge on any atom is -0.372 e. The molecule has 12 heavy (non-hydrogen) atoms. The van der Waals surface area contributed by atoms with Crippen molar-refractivity contribution in [1.29, 1.82) is 0 Å². The smallest absolute Gasteiger partial charge is 0.204 e. The largest absolute Gasteiger partial charge is 0.372 e. The van der Waals surface area contributed by atoms with E-state index in [-0.39, 0.29) is 6.41 Å². The van der Waals surface area contributed by atoms with Gasteiger partial charge in [-0.15, -0.1) is 0 Å². The molecule has 0 atom stereocenters. The second kappa shape index (κ2) is 6.63. The zero-order valence-corrected chi connectivity index (χ0v) is 7.91. The maximum Gasteiger partial charge on any atom is 0.204 e. The number of hydrogen-bond acceptors (Lipinski definition) is 3. The van der Waals surface area contributed by atoms with Crippen LogP contribution in [0.1, 0.15) is 0 Å². The topological polar surface area (TPSA) is 81.1 Å². The quantitative estimate of drug-likeness (QED) is 0.381. The molecule has 1 aromatic carbocycles. The summed E-state index contributed by atoms with van der Waals surface area (Å²) in [6.07, 6.45) is 0.250. The van der Waals surface area contributed by atoms with Crippen molar-refractivity contribution in [3.8, 4) is 0 Å². The molecule has 0 unspecified atom stereocenters. The molecule has 0 bridgehead atoms. The van der Waals surface area contributed by atoms with Crippen molar-refractivity contribution >= 4 is 28.0 Å². The number of nitrogens with two attached hydrogens (primary N) is 2. The van der Waals surface area contributed by atoms with E-state index in [4.69, 9.17) is 10.6 Å². The zero-order valence-electron chi connectivity index (χ0n) is 6.33. The lowest BCUT2D eigenvalue weighted by atomic mass is 10.3. The molecular formula is C7H10BrN3O. The van der Waals surface area contributed by atoms with Gasteiger partial charge in [-0.1, -0.05) is 15.9 Å². The minimum atomic E-state index is 0.250. The first-order chi connectivity index (χ1) is 5.74. The molecule has 0 aromatic heterocycles. The third-order valence-electron chi connectivity index (χ3n) is 1.01. The van der Waals surface area contributed by atoms with Crippen molar-refractivity contribution in [3.05, 3.63) is 28.7 Å². The maximum absolute atomic E-state index is 8.58. The van der Waals surface area contributed by atoms with Crippen LogP contribution in [-0.2, 0) is 4.79 Å². The average Bonchev–Trinajstić information content (AvgIpc) is 2.07. The Kier molecular flexibility index (Phi) is 6.04. The summed E-state index contributed by atoms with van der Waals surface area (Å²) in [5, 5.41) is 0. The number of amides is 1. The SMILES string of the molecule is NC=O.NNc1ccc(Br)cc1. The summed E-state index contributed by atoms with van der Waals surface area (Å²) >= 11 is 3.31. The monoisotopic (exact) mass is 231 g/mol. The van der Waals surface area contributed by atoms with Crippen molar-refractivity contribution in [2.45, 2.75) is 0 Å². The van der Waals surface area contributed by atoms with E-state index in [9.17, 15) is 0 Å². The highest BCUT2D eigenvalue weighted by molar-refractivity contribution is 9.10. The van der Waals surface area contributed by atoms with E-state index in [0.717, 1.165) is 10.2 Å². The maximum atomic E-state index is 8.58. The first-order valence-corrected chi connectivity index (χ1v) is 3.91. The van der Waals surface area contributed by atoms with Crippen LogP contribution in [0.5, 0.6) is 0 Å². The number of nitrogen functional groups attached to an aromatic ring is 1. The predicted molar refractivity (Wildman–Crippen MR) is 52.2 cm³/mol. The summed E-state index contributed by atoms with van der Waals surface area (Å²) in [5.74, 6) is 5.13. The van der Waals surface area contributed by atoms with Crippen LogP contribution in [0.15, 0.2) is 28.7 Å². The van der Waals surface area contributed by atoms with E-state index < -0.39 is 0 Å². The molecule has 0 heterocycles. The van der Waals surface area contributed by atoms with Gasteiger partial charge in [0.05, 0.1) is 0 Å². The second-order valence-corrected chi connectivity index (χ2v) is 2.70. The van der Waals surface area contributed by atoms with E-state index in [1.807, 2.05) is 24.3 Å². The van der Waals surface area contributed by atoms with E-state index in [1.165, 1.54) is 0 Å². The van der Waals surface area contributed by atoms with Gasteiger partial charge in [0.2, 0.25) is 6.41 Å². The van der Waals surface area contributed by atoms with Crippen molar-refractivity contribution < 1.29 is 4.79 Å². The Labute approximate surface area is 79.0 Å². The van der Waals surface area contributed by atoms with Gasteiger partial charge >= 0.3 is 0 Å². The van der Waals surface area contributed by atoms with E-state index in [2.05, 4.69) is 27.1 Å². The normalized spacial score (nSPS) is 7.83. The van der Waals surface area contributed by atoms with Gasteiger partial charge in [-0.3, -0.25) is 10.6 Å². The van der Waals surface area contributed by atoms with E-state index in [1.54, 1.807) is 0 Å². The Morgan fingerprint density at radius 1 is 1.33 bits per heavy atom. The number of nitrogens with one attached hydrogen (secondary N) is 1. The number of rotatable bonds is 1. The molecule has 5 heteroatoms. The van der Waals surface area contributed by atoms with Crippen molar-refractivity contribution in [2.24, 2.45) is 11.6 Å². The molecule has 1 amide bonds. The van der Waals surface area contributed by atoms with Gasteiger partial charge in [0.15, 0.2) is 0 Å². The molecular weight excluding hydrogens is 222 g/mol. The van der Waals surface area contributed by atoms with Crippen LogP contribution < -0.4 is 17.0 Å². The van der Waals surface area contributed by atoms with Crippen molar-refractivity contribution in [3.63, 3.8) is 0 Å². The van der Waals surface area contributed by atoms with Crippen LogP contribution in [0.25, 0.3) is 0 Å². The highest BCUT2D eigenvalue weighted by Crippen LogP contribution is 2.12. The second-order valence-electron chi connectivity index (χ2n) is 1.79. The molecule has 0 aliphatic heterocycles. The van der Waals surface area contributed by atoms with Gasteiger partial charge in [0.1, 0.15) is 0 Å². The number of primary amides is 1. The third-order valence-corrected chi connectivity index (χ3v) is 1.54. The Bertz CT molecular complexity index is 225. The molecule has 0 spiro atoms. The molecule has 0 aliphatic carbocycles. The predicted octanol–water partition coefficient (Wildman–Crippen LogP) is 0.836. The standard InChI is InChI=1S/C6H7BrN2.CH3NO/c7-5-1-3-6(9-8)4-2-5;2-1-3/h1-4,9H,8H2;1H,(H2,2,3). The molecule has 5 N–H and O–H groups in total. The number of benzene rings is 1. The summed E-state index contributed by atoms with van der Waals surface area (Å²) < 4.78 is 1.06. The molecule has 0 saturated heterocycles. The lowest BCUT2D eigenvalue weighted by Gasteiger charge is -1.96. The minimum absolute atomic E-state index is 0.250. The number of anilines is 1. The van der Waals surface area contributed by atoms with E-state index >= 15 is 0 Å². The number of carbonyl (C=O) groups excluding carboxylic acids is 1. The van der Waals surface area contributed by atoms with Gasteiger partial charge in [-0.25, -0.2) is 0 Å². The van der Waals surface area contributed by atoms with Gasteiger partial charge in [0.25, 0.3) is 0 Å². The first kappa shape index (κ1) is 10.9. The fraction of sp³-hybridized carbons (Fsp3) is 0. The zero-order chi connectivity index (χ0) is 9.40. The fourth-order valence-electron chi connectivity index (χ4n) is 0.546. The van der Waals surface area contributed by atoms with Gasteiger partial charge in [0, 0.05) is 10.2 Å². The van der Waals surface area contributed by atoms with Crippen LogP contribution in [-0.4, -0.2) is 6.41 Å². The van der Waals surface area contributed by atoms with Crippen LogP contribution in [0, 0.1) is 0 Å². The number of halogens is 1. The highest BCUT2D eigenvalue weighted by Gasteiger charge is 1.85. The number of hydrazine groups is 1. The molecule has 4 nitrogen and oxygen atoms in total. The first-order valence-electron chi connectivity index (χ1n) is 3.12. The summed E-state index contributed by atoms with van der Waals surface area (Å²) in [6.45, 7) is 0. The van der Waals surface area contributed by atoms with Gasteiger partial charge in [-0.2, -0.15) is 0 Å². The average molecular weight is 232 g/mol. The number of carbonyl (C=O) groups is 1. The summed E-state index contributed by atoms with van der Waals surface area (Å²) in [5.41, 5.74) is 7.62. The molecule has 0 saturated carbocycles. The lowest BCUT2D eigenvalue weighted by molar-refractivity contribution is -0.106. The van der Waals surface area contributed by atoms with Crippen LogP contribution in [0.3, 0.4) is 0 Å². The fourth-order valence-corrected chi connectivity index (χ4v) is 0.810. The lowest BCUT2D eigenvalue weighted by Crippen LogP contribution is -2.05. The van der Waals surface area contributed by atoms with E-state index in [0.29, 0.717) is 0 Å². The van der Waals surface area contributed by atoms with Crippen LogP contribution >= 0.6 is 15.9 Å². The summed E-state index contributed by atoms with van der Waals surface area (Å²) in [4.78, 5) is 8.58. The molecule has 0 aliphatic rings. The molecule has 1 rings (SSSR count). The molecule has 1 aromatic rings. The highest BCUT2D eigenvalue weighted by atomic mass is 79.9. The summed E-state index contributed by atoms with van der Waals surface area (Å²) in [7, 11) is 0. The van der Waals surface area contributed by atoms with Crippen molar-refractivity contribution in [2.75, 3.05) is 5.43 Å². The Morgan fingerprint density at radius 2 is 1.75 bits per heavy atom. The molecule has 66 valence electrons. The number of hydrogen-bond donors (Lipinski definition) is 3. The third kappa shape index (κ3) is 4.70. The van der Waals surface area contributed by atoms with Gasteiger partial charge in [-0.05, 0) is 24.3 Å². The Hall–Kier alpha value is -1.07.